The fourth-order valence-corrected chi connectivity index (χ4v) is 2.37. The highest BCUT2D eigenvalue weighted by Gasteiger charge is 2.20. The largest absolute Gasteiger partial charge is 0.395 e. The standard InChI is InChI=1S/C13H22ClN3O/c1-5-11(6-2)17(7-8-18)13-9(3)12(14)15-10(4)16-13/h11,18H,5-8H2,1-4H3. The molecule has 0 aliphatic heterocycles. The molecule has 1 aromatic rings. The molecule has 0 saturated heterocycles. The molecular weight excluding hydrogens is 250 g/mol. The van der Waals surface area contributed by atoms with Crippen molar-refractivity contribution in [3.63, 3.8) is 0 Å². The number of aliphatic hydroxyl groups is 1. The van der Waals surface area contributed by atoms with Crippen LogP contribution in [0.4, 0.5) is 5.82 Å². The molecule has 1 N–H and O–H groups in total. The van der Waals surface area contributed by atoms with E-state index >= 15 is 0 Å². The van der Waals surface area contributed by atoms with Crippen molar-refractivity contribution in [3.8, 4) is 0 Å². The zero-order chi connectivity index (χ0) is 13.7. The third-order valence-corrected chi connectivity index (χ3v) is 3.54. The molecule has 0 spiro atoms. The Morgan fingerprint density at radius 3 is 2.33 bits per heavy atom. The average Bonchev–Trinajstić information content (AvgIpc) is 2.34. The van der Waals surface area contributed by atoms with Gasteiger partial charge in [-0.2, -0.15) is 0 Å². The summed E-state index contributed by atoms with van der Waals surface area (Å²) in [6.45, 7) is 8.71. The van der Waals surface area contributed by atoms with Crippen LogP contribution in [-0.2, 0) is 0 Å². The zero-order valence-electron chi connectivity index (χ0n) is 11.6. The lowest BCUT2D eigenvalue weighted by Crippen LogP contribution is -2.38. The molecule has 1 aromatic heterocycles. The third kappa shape index (κ3) is 3.33. The molecule has 0 aromatic carbocycles. The van der Waals surface area contributed by atoms with Gasteiger partial charge in [0.05, 0.1) is 6.61 Å². The Hall–Kier alpha value is -0.870. The van der Waals surface area contributed by atoms with E-state index in [0.29, 0.717) is 23.6 Å². The molecule has 1 rings (SSSR count). The number of anilines is 1. The number of hydrogen-bond donors (Lipinski definition) is 1. The van der Waals surface area contributed by atoms with E-state index < -0.39 is 0 Å². The van der Waals surface area contributed by atoms with Crippen molar-refractivity contribution >= 4 is 17.4 Å². The minimum absolute atomic E-state index is 0.108. The van der Waals surface area contributed by atoms with Crippen LogP contribution in [-0.4, -0.2) is 34.3 Å². The van der Waals surface area contributed by atoms with Crippen molar-refractivity contribution in [3.05, 3.63) is 16.5 Å². The predicted molar refractivity (Wildman–Crippen MR) is 75.3 cm³/mol. The van der Waals surface area contributed by atoms with E-state index in [4.69, 9.17) is 11.6 Å². The van der Waals surface area contributed by atoms with E-state index in [2.05, 4.69) is 28.7 Å². The van der Waals surface area contributed by atoms with E-state index in [1.165, 1.54) is 0 Å². The van der Waals surface area contributed by atoms with Crippen LogP contribution in [0, 0.1) is 13.8 Å². The van der Waals surface area contributed by atoms with Gasteiger partial charge < -0.3 is 10.0 Å². The Kier molecular flexibility index (Phi) is 5.82. The number of rotatable bonds is 6. The number of aryl methyl sites for hydroxylation is 1. The van der Waals surface area contributed by atoms with Gasteiger partial charge in [-0.25, -0.2) is 9.97 Å². The fourth-order valence-electron chi connectivity index (χ4n) is 2.16. The normalized spacial score (nSPS) is 11.1. The van der Waals surface area contributed by atoms with Crippen LogP contribution < -0.4 is 4.90 Å². The second-order valence-corrected chi connectivity index (χ2v) is 4.76. The van der Waals surface area contributed by atoms with Gasteiger partial charge in [0.1, 0.15) is 16.8 Å². The summed E-state index contributed by atoms with van der Waals surface area (Å²) < 4.78 is 0. The summed E-state index contributed by atoms with van der Waals surface area (Å²) in [6.07, 6.45) is 2.02. The molecular formula is C13H22ClN3O. The van der Waals surface area contributed by atoms with E-state index in [1.807, 2.05) is 13.8 Å². The molecule has 0 saturated carbocycles. The maximum atomic E-state index is 9.25. The summed E-state index contributed by atoms with van der Waals surface area (Å²) in [5, 5.41) is 9.74. The van der Waals surface area contributed by atoms with Crippen LogP contribution in [0.1, 0.15) is 38.1 Å². The maximum absolute atomic E-state index is 9.25. The number of aromatic nitrogens is 2. The highest BCUT2D eigenvalue weighted by atomic mass is 35.5. The molecule has 18 heavy (non-hydrogen) atoms. The number of halogens is 1. The molecule has 0 aliphatic rings. The van der Waals surface area contributed by atoms with Crippen molar-refractivity contribution < 1.29 is 5.11 Å². The average molecular weight is 272 g/mol. The summed E-state index contributed by atoms with van der Waals surface area (Å²) in [4.78, 5) is 10.8. The first kappa shape index (κ1) is 15.2. The van der Waals surface area contributed by atoms with Gasteiger partial charge in [0.15, 0.2) is 0 Å². The minimum Gasteiger partial charge on any atom is -0.395 e. The molecule has 102 valence electrons. The van der Waals surface area contributed by atoms with Gasteiger partial charge >= 0.3 is 0 Å². The molecule has 0 aliphatic carbocycles. The Bertz CT molecular complexity index is 394. The molecule has 0 atom stereocenters. The van der Waals surface area contributed by atoms with E-state index in [1.54, 1.807) is 0 Å². The lowest BCUT2D eigenvalue weighted by atomic mass is 10.1. The molecule has 1 heterocycles. The lowest BCUT2D eigenvalue weighted by Gasteiger charge is -2.32. The lowest BCUT2D eigenvalue weighted by molar-refractivity contribution is 0.295. The van der Waals surface area contributed by atoms with Crippen LogP contribution in [0.3, 0.4) is 0 Å². The van der Waals surface area contributed by atoms with Gasteiger partial charge in [0, 0.05) is 18.2 Å². The minimum atomic E-state index is 0.108. The van der Waals surface area contributed by atoms with Crippen LogP contribution in [0.25, 0.3) is 0 Å². The zero-order valence-corrected chi connectivity index (χ0v) is 12.3. The van der Waals surface area contributed by atoms with Crippen LogP contribution in [0.2, 0.25) is 5.15 Å². The number of aliphatic hydroxyl groups excluding tert-OH is 1. The first-order valence-corrected chi connectivity index (χ1v) is 6.81. The van der Waals surface area contributed by atoms with Gasteiger partial charge in [0.25, 0.3) is 0 Å². The van der Waals surface area contributed by atoms with Crippen molar-refractivity contribution in [1.82, 2.24) is 9.97 Å². The molecule has 0 radical (unpaired) electrons. The number of nitrogens with zero attached hydrogens (tertiary/aromatic N) is 3. The molecule has 5 heteroatoms. The smallest absolute Gasteiger partial charge is 0.137 e. The maximum Gasteiger partial charge on any atom is 0.137 e. The Morgan fingerprint density at radius 2 is 1.83 bits per heavy atom. The molecule has 0 bridgehead atoms. The van der Waals surface area contributed by atoms with Gasteiger partial charge in [-0.05, 0) is 26.7 Å². The summed E-state index contributed by atoms with van der Waals surface area (Å²) in [6, 6.07) is 0.362. The Balaban J connectivity index is 3.20. The monoisotopic (exact) mass is 271 g/mol. The van der Waals surface area contributed by atoms with Crippen molar-refractivity contribution in [2.45, 2.75) is 46.6 Å². The number of hydrogen-bond acceptors (Lipinski definition) is 4. The van der Waals surface area contributed by atoms with Crippen molar-refractivity contribution in [2.24, 2.45) is 0 Å². The third-order valence-electron chi connectivity index (χ3n) is 3.17. The predicted octanol–water partition coefficient (Wildman–Crippen LogP) is 2.73. The Morgan fingerprint density at radius 1 is 1.22 bits per heavy atom. The summed E-state index contributed by atoms with van der Waals surface area (Å²) in [5.74, 6) is 1.50. The van der Waals surface area contributed by atoms with Crippen LogP contribution in [0.5, 0.6) is 0 Å². The molecule has 0 fully saturated rings. The van der Waals surface area contributed by atoms with E-state index in [0.717, 1.165) is 24.2 Å². The fraction of sp³-hybridized carbons (Fsp3) is 0.692. The highest BCUT2D eigenvalue weighted by Crippen LogP contribution is 2.26. The molecule has 0 amide bonds. The van der Waals surface area contributed by atoms with Gasteiger partial charge in [-0.3, -0.25) is 0 Å². The van der Waals surface area contributed by atoms with E-state index in [9.17, 15) is 5.11 Å². The SMILES string of the molecule is CCC(CC)N(CCO)c1nc(C)nc(Cl)c1C. The molecule has 0 unspecified atom stereocenters. The second-order valence-electron chi connectivity index (χ2n) is 4.40. The van der Waals surface area contributed by atoms with Gasteiger partial charge in [-0.1, -0.05) is 25.4 Å². The van der Waals surface area contributed by atoms with E-state index in [-0.39, 0.29) is 6.61 Å². The highest BCUT2D eigenvalue weighted by molar-refractivity contribution is 6.30. The van der Waals surface area contributed by atoms with Crippen LogP contribution >= 0.6 is 11.6 Å². The Labute approximate surface area is 114 Å². The summed E-state index contributed by atoms with van der Waals surface area (Å²) >= 11 is 6.11. The van der Waals surface area contributed by atoms with Gasteiger partial charge in [-0.15, -0.1) is 0 Å². The molecule has 4 nitrogen and oxygen atoms in total. The van der Waals surface area contributed by atoms with Crippen molar-refractivity contribution in [2.75, 3.05) is 18.1 Å². The van der Waals surface area contributed by atoms with Crippen molar-refractivity contribution in [1.29, 1.82) is 0 Å². The quantitative estimate of drug-likeness (QED) is 0.809. The summed E-state index contributed by atoms with van der Waals surface area (Å²) in [5.41, 5.74) is 0.877. The second kappa shape index (κ2) is 6.90. The van der Waals surface area contributed by atoms with Gasteiger partial charge in [0.2, 0.25) is 0 Å². The topological polar surface area (TPSA) is 49.2 Å². The first-order chi connectivity index (χ1) is 8.54. The van der Waals surface area contributed by atoms with Crippen LogP contribution in [0.15, 0.2) is 0 Å². The first-order valence-electron chi connectivity index (χ1n) is 6.43. The summed E-state index contributed by atoms with van der Waals surface area (Å²) in [7, 11) is 0.